The third-order valence-corrected chi connectivity index (χ3v) is 5.23. The third kappa shape index (κ3) is 5.19. The van der Waals surface area contributed by atoms with Crippen molar-refractivity contribution in [2.45, 2.75) is 40.5 Å². The van der Waals surface area contributed by atoms with E-state index in [-0.39, 0.29) is 17.7 Å². The second-order valence-corrected chi connectivity index (χ2v) is 8.20. The minimum atomic E-state index is -0.0116. The maximum atomic E-state index is 13.1. The summed E-state index contributed by atoms with van der Waals surface area (Å²) in [4.78, 5) is 17.3. The number of nitrogens with one attached hydrogen (secondary N) is 1. The van der Waals surface area contributed by atoms with Crippen LogP contribution >= 0.6 is 0 Å². The molecule has 3 rings (SSSR count). The minimum absolute atomic E-state index is 0.0116. The van der Waals surface area contributed by atoms with Gasteiger partial charge in [0.25, 0.3) is 0 Å². The Hall–Kier alpha value is -2.68. The lowest BCUT2D eigenvalue weighted by atomic mass is 9.80. The van der Waals surface area contributed by atoms with Gasteiger partial charge in [-0.3, -0.25) is 9.78 Å². The molecule has 1 amide bonds. The number of aromatic nitrogens is 1. The fourth-order valence-corrected chi connectivity index (χ4v) is 3.84. The van der Waals surface area contributed by atoms with Gasteiger partial charge in [0.15, 0.2) is 0 Å². The molecule has 0 bridgehead atoms. The van der Waals surface area contributed by atoms with Crippen LogP contribution in [-0.2, 0) is 4.79 Å². The number of anilines is 1. The Bertz CT molecular complexity index is 878. The van der Waals surface area contributed by atoms with Crippen LogP contribution in [0.1, 0.15) is 39.3 Å². The molecule has 0 radical (unpaired) electrons. The van der Waals surface area contributed by atoms with E-state index in [1.807, 2.05) is 31.3 Å². The van der Waals surface area contributed by atoms with Gasteiger partial charge in [-0.25, -0.2) is 0 Å². The van der Waals surface area contributed by atoms with Gasteiger partial charge in [-0.2, -0.15) is 0 Å². The Morgan fingerprint density at radius 1 is 1.14 bits per heavy atom. The van der Waals surface area contributed by atoms with Crippen molar-refractivity contribution >= 4 is 11.6 Å². The minimum Gasteiger partial charge on any atom is -0.326 e. The van der Waals surface area contributed by atoms with E-state index in [2.05, 4.69) is 67.5 Å². The Balaban J connectivity index is 1.73. The normalized spacial score (nSPS) is 17.3. The summed E-state index contributed by atoms with van der Waals surface area (Å²) in [6, 6.07) is 12.1. The van der Waals surface area contributed by atoms with Crippen molar-refractivity contribution < 1.29 is 4.79 Å². The summed E-state index contributed by atoms with van der Waals surface area (Å²) in [7, 11) is 0. The fraction of sp³-hybridized carbons (Fsp3) is 0.360. The molecule has 1 heterocycles. The number of allylic oxidation sites excluding steroid dienone is 4. The number of aryl methyl sites for hydroxylation is 1. The Labute approximate surface area is 168 Å². The molecule has 1 N–H and O–H groups in total. The molecule has 0 saturated carbocycles. The molecule has 0 aliphatic heterocycles. The van der Waals surface area contributed by atoms with Crippen molar-refractivity contribution in [1.82, 2.24) is 4.98 Å². The summed E-state index contributed by atoms with van der Waals surface area (Å²) < 4.78 is 0. The zero-order valence-corrected chi connectivity index (χ0v) is 17.3. The Morgan fingerprint density at radius 2 is 1.89 bits per heavy atom. The van der Waals surface area contributed by atoms with Crippen LogP contribution in [0, 0.1) is 24.7 Å². The van der Waals surface area contributed by atoms with Gasteiger partial charge in [-0.05, 0) is 73.9 Å². The zero-order chi connectivity index (χ0) is 20.1. The third-order valence-electron chi connectivity index (χ3n) is 5.23. The summed E-state index contributed by atoms with van der Waals surface area (Å²) in [5.41, 5.74) is 5.35. The molecule has 1 aliphatic rings. The molecule has 3 nitrogen and oxygen atoms in total. The van der Waals surface area contributed by atoms with Crippen molar-refractivity contribution in [2.75, 3.05) is 5.32 Å². The summed E-state index contributed by atoms with van der Waals surface area (Å²) in [5.74, 6) is 0.854. The highest BCUT2D eigenvalue weighted by atomic mass is 16.1. The fourth-order valence-electron chi connectivity index (χ4n) is 3.84. The molecule has 0 spiro atoms. The highest BCUT2D eigenvalue weighted by molar-refractivity contribution is 5.93. The molecule has 0 saturated heterocycles. The number of rotatable bonds is 6. The molecule has 0 fully saturated rings. The van der Waals surface area contributed by atoms with Crippen molar-refractivity contribution in [1.29, 1.82) is 0 Å². The SMILES string of the molecule is CC1=CC(C(CC(C)C)C(=O)Nc2ccc(-c3ccnc(C)c3)cc2)CC=C1. The first kappa shape index (κ1) is 20.1. The Kier molecular flexibility index (Phi) is 6.45. The molecule has 2 atom stereocenters. The molecule has 1 aromatic heterocycles. The maximum Gasteiger partial charge on any atom is 0.228 e. The van der Waals surface area contributed by atoms with Crippen LogP contribution < -0.4 is 5.32 Å². The topological polar surface area (TPSA) is 42.0 Å². The average Bonchev–Trinajstić information content (AvgIpc) is 2.66. The second-order valence-electron chi connectivity index (χ2n) is 8.20. The Morgan fingerprint density at radius 3 is 2.54 bits per heavy atom. The molecule has 1 aliphatic carbocycles. The van der Waals surface area contributed by atoms with E-state index in [4.69, 9.17) is 0 Å². The van der Waals surface area contributed by atoms with Gasteiger partial charge in [0.05, 0.1) is 0 Å². The molecular formula is C25H30N2O. The molecular weight excluding hydrogens is 344 g/mol. The average molecular weight is 375 g/mol. The number of hydrogen-bond acceptors (Lipinski definition) is 2. The lowest BCUT2D eigenvalue weighted by molar-refractivity contribution is -0.121. The van der Waals surface area contributed by atoms with Gasteiger partial charge in [0.1, 0.15) is 0 Å². The molecule has 2 unspecified atom stereocenters. The number of hydrogen-bond donors (Lipinski definition) is 1. The van der Waals surface area contributed by atoms with Gasteiger partial charge in [0.2, 0.25) is 5.91 Å². The maximum absolute atomic E-state index is 13.1. The highest BCUT2D eigenvalue weighted by Crippen LogP contribution is 2.30. The smallest absolute Gasteiger partial charge is 0.228 e. The van der Waals surface area contributed by atoms with E-state index < -0.39 is 0 Å². The predicted molar refractivity (Wildman–Crippen MR) is 117 cm³/mol. The van der Waals surface area contributed by atoms with E-state index in [1.54, 1.807) is 0 Å². The van der Waals surface area contributed by atoms with E-state index in [1.165, 1.54) is 5.57 Å². The molecule has 3 heteroatoms. The second kappa shape index (κ2) is 9.01. The standard InChI is InChI=1S/C25H30N2O/c1-17(2)14-24(22-7-5-6-18(3)15-22)25(28)27-23-10-8-20(9-11-23)21-12-13-26-19(4)16-21/h5-6,8-13,15-17,22,24H,7,14H2,1-4H3,(H,27,28). The predicted octanol–water partition coefficient (Wildman–Crippen LogP) is 6.18. The van der Waals surface area contributed by atoms with Gasteiger partial charge in [-0.15, -0.1) is 0 Å². The van der Waals surface area contributed by atoms with E-state index in [0.29, 0.717) is 5.92 Å². The first-order chi connectivity index (χ1) is 13.4. The van der Waals surface area contributed by atoms with Crippen LogP contribution in [0.3, 0.4) is 0 Å². The zero-order valence-electron chi connectivity index (χ0n) is 17.3. The van der Waals surface area contributed by atoms with Crippen LogP contribution in [0.25, 0.3) is 11.1 Å². The van der Waals surface area contributed by atoms with Crippen LogP contribution in [-0.4, -0.2) is 10.9 Å². The highest BCUT2D eigenvalue weighted by Gasteiger charge is 2.28. The van der Waals surface area contributed by atoms with Crippen LogP contribution in [0.2, 0.25) is 0 Å². The van der Waals surface area contributed by atoms with Crippen molar-refractivity contribution in [3.63, 3.8) is 0 Å². The lowest BCUT2D eigenvalue weighted by Gasteiger charge is -2.27. The summed E-state index contributed by atoms with van der Waals surface area (Å²) in [6.07, 6.45) is 10.2. The van der Waals surface area contributed by atoms with E-state index in [9.17, 15) is 4.79 Å². The first-order valence-corrected chi connectivity index (χ1v) is 10.1. The molecule has 28 heavy (non-hydrogen) atoms. The molecule has 146 valence electrons. The summed E-state index contributed by atoms with van der Waals surface area (Å²) >= 11 is 0. The van der Waals surface area contributed by atoms with Gasteiger partial charge in [0, 0.05) is 23.5 Å². The van der Waals surface area contributed by atoms with Crippen LogP contribution in [0.4, 0.5) is 5.69 Å². The van der Waals surface area contributed by atoms with Crippen LogP contribution in [0.15, 0.2) is 66.4 Å². The first-order valence-electron chi connectivity index (χ1n) is 10.1. The van der Waals surface area contributed by atoms with Crippen molar-refractivity contribution in [3.8, 4) is 11.1 Å². The number of carbonyl (C=O) groups excluding carboxylic acids is 1. The molecule has 2 aromatic rings. The molecule has 1 aromatic carbocycles. The van der Waals surface area contributed by atoms with Crippen molar-refractivity contribution in [2.24, 2.45) is 17.8 Å². The van der Waals surface area contributed by atoms with Crippen LogP contribution in [0.5, 0.6) is 0 Å². The van der Waals surface area contributed by atoms with E-state index >= 15 is 0 Å². The number of carbonyl (C=O) groups is 1. The van der Waals surface area contributed by atoms with Crippen molar-refractivity contribution in [3.05, 3.63) is 72.1 Å². The summed E-state index contributed by atoms with van der Waals surface area (Å²) in [5, 5.41) is 3.14. The lowest BCUT2D eigenvalue weighted by Crippen LogP contribution is -2.30. The number of benzene rings is 1. The number of amides is 1. The van der Waals surface area contributed by atoms with Gasteiger partial charge < -0.3 is 5.32 Å². The largest absolute Gasteiger partial charge is 0.326 e. The summed E-state index contributed by atoms with van der Waals surface area (Å²) in [6.45, 7) is 8.46. The quantitative estimate of drug-likeness (QED) is 0.656. The number of pyridine rings is 1. The monoisotopic (exact) mass is 374 g/mol. The van der Waals surface area contributed by atoms with Gasteiger partial charge in [-0.1, -0.05) is 49.8 Å². The number of nitrogens with zero attached hydrogens (tertiary/aromatic N) is 1. The van der Waals surface area contributed by atoms with Gasteiger partial charge >= 0.3 is 0 Å². The van der Waals surface area contributed by atoms with E-state index in [0.717, 1.165) is 35.3 Å².